The molecule has 138 valence electrons. The van der Waals surface area contributed by atoms with Crippen molar-refractivity contribution >= 4 is 29.4 Å². The molecule has 0 heterocycles. The minimum absolute atomic E-state index is 0.0145. The lowest BCUT2D eigenvalue weighted by Crippen LogP contribution is -2.35. The van der Waals surface area contributed by atoms with E-state index in [4.69, 9.17) is 0 Å². The van der Waals surface area contributed by atoms with Gasteiger partial charge in [-0.05, 0) is 36.8 Å². The van der Waals surface area contributed by atoms with Gasteiger partial charge in [0.15, 0.2) is 0 Å². The average molecular weight is 394 g/mol. The Morgan fingerprint density at radius 3 is 1.93 bits per heavy atom. The fraction of sp³-hybridized carbons (Fsp3) is 0.174. The van der Waals surface area contributed by atoms with Crippen molar-refractivity contribution in [1.82, 2.24) is 5.32 Å². The summed E-state index contributed by atoms with van der Waals surface area (Å²) in [6.45, 7) is 2.03. The maximum atomic E-state index is 13.0. The zero-order chi connectivity index (χ0) is 18.9. The zero-order valence-corrected chi connectivity index (χ0v) is 16.9. The molecule has 27 heavy (non-hydrogen) atoms. The topological polar surface area (TPSA) is 29.1 Å². The van der Waals surface area contributed by atoms with Crippen molar-refractivity contribution in [3.63, 3.8) is 0 Å². The van der Waals surface area contributed by atoms with E-state index in [0.717, 1.165) is 16.2 Å². The highest BCUT2D eigenvalue weighted by Crippen LogP contribution is 2.29. The maximum absolute atomic E-state index is 13.0. The molecule has 2 unspecified atom stereocenters. The van der Waals surface area contributed by atoms with Crippen LogP contribution in [0.1, 0.15) is 18.5 Å². The van der Waals surface area contributed by atoms with Crippen LogP contribution in [0.25, 0.3) is 0 Å². The molecule has 0 saturated carbocycles. The third kappa shape index (κ3) is 6.19. The summed E-state index contributed by atoms with van der Waals surface area (Å²) in [7, 11) is 0. The molecule has 0 aliphatic heterocycles. The first-order chi connectivity index (χ1) is 13.2. The van der Waals surface area contributed by atoms with Crippen molar-refractivity contribution in [2.24, 2.45) is 0 Å². The minimum Gasteiger partial charge on any atom is -0.349 e. The Kier molecular flexibility index (Phi) is 7.43. The number of amides is 1. The molecule has 3 rings (SSSR count). The number of nitrogens with one attached hydrogen (secondary N) is 1. The second-order valence-corrected chi connectivity index (χ2v) is 8.55. The van der Waals surface area contributed by atoms with Gasteiger partial charge < -0.3 is 5.32 Å². The second-order valence-electron chi connectivity index (χ2n) is 6.18. The first-order valence-corrected chi connectivity index (χ1v) is 10.8. The first kappa shape index (κ1) is 19.6. The average Bonchev–Trinajstić information content (AvgIpc) is 2.73. The first-order valence-electron chi connectivity index (χ1n) is 8.97. The third-order valence-corrected chi connectivity index (χ3v) is 6.64. The van der Waals surface area contributed by atoms with Crippen molar-refractivity contribution in [2.45, 2.75) is 28.0 Å². The van der Waals surface area contributed by atoms with Crippen molar-refractivity contribution in [1.29, 1.82) is 0 Å². The predicted molar refractivity (Wildman–Crippen MR) is 116 cm³/mol. The molecule has 2 nitrogen and oxygen atoms in total. The Morgan fingerprint density at radius 2 is 1.33 bits per heavy atom. The van der Waals surface area contributed by atoms with Gasteiger partial charge in [0.1, 0.15) is 0 Å². The zero-order valence-electron chi connectivity index (χ0n) is 15.2. The van der Waals surface area contributed by atoms with Crippen LogP contribution in [0.3, 0.4) is 0 Å². The predicted octanol–water partition coefficient (Wildman–Crippen LogP) is 5.82. The van der Waals surface area contributed by atoms with Crippen LogP contribution >= 0.6 is 23.5 Å². The maximum Gasteiger partial charge on any atom is 0.234 e. The van der Waals surface area contributed by atoms with E-state index in [1.807, 2.05) is 73.7 Å². The van der Waals surface area contributed by atoms with E-state index in [-0.39, 0.29) is 17.2 Å². The third-order valence-electron chi connectivity index (χ3n) is 4.12. The summed E-state index contributed by atoms with van der Waals surface area (Å²) in [6.07, 6.45) is 0. The van der Waals surface area contributed by atoms with Crippen molar-refractivity contribution in [3.05, 3.63) is 96.6 Å². The van der Waals surface area contributed by atoms with Gasteiger partial charge in [0.2, 0.25) is 5.91 Å². The summed E-state index contributed by atoms with van der Waals surface area (Å²) in [5.41, 5.74) is 1.12. The summed E-state index contributed by atoms with van der Waals surface area (Å²) in [4.78, 5) is 15.3. The van der Waals surface area contributed by atoms with Crippen LogP contribution < -0.4 is 5.32 Å². The van der Waals surface area contributed by atoms with Crippen molar-refractivity contribution < 1.29 is 4.79 Å². The quantitative estimate of drug-likeness (QED) is 0.489. The molecular formula is C23H23NOS2. The smallest absolute Gasteiger partial charge is 0.234 e. The van der Waals surface area contributed by atoms with Crippen LogP contribution in [0, 0.1) is 0 Å². The molecule has 4 heteroatoms. The Labute approximate surface area is 169 Å². The van der Waals surface area contributed by atoms with Gasteiger partial charge in [0.25, 0.3) is 0 Å². The fourth-order valence-corrected chi connectivity index (χ4v) is 4.79. The number of hydrogen-bond acceptors (Lipinski definition) is 3. The van der Waals surface area contributed by atoms with Gasteiger partial charge in [-0.2, -0.15) is 0 Å². The van der Waals surface area contributed by atoms with E-state index in [9.17, 15) is 4.79 Å². The van der Waals surface area contributed by atoms with Crippen LogP contribution in [-0.4, -0.2) is 16.9 Å². The summed E-state index contributed by atoms with van der Waals surface area (Å²) >= 11 is 3.34. The number of hydrogen-bond donors (Lipinski definition) is 1. The Balaban J connectivity index is 1.68. The SMILES string of the molecule is CC(NC(=O)C(CSc1ccccc1)Sc1ccccc1)c1ccccc1. The summed E-state index contributed by atoms with van der Waals surface area (Å²) < 4.78 is 0. The van der Waals surface area contributed by atoms with Crippen LogP contribution in [0.2, 0.25) is 0 Å². The summed E-state index contributed by atoms with van der Waals surface area (Å²) in [6, 6.07) is 30.4. The minimum atomic E-state index is -0.163. The molecule has 0 fully saturated rings. The molecule has 3 aromatic rings. The van der Waals surface area contributed by atoms with E-state index < -0.39 is 0 Å². The lowest BCUT2D eigenvalue weighted by Gasteiger charge is -2.20. The van der Waals surface area contributed by atoms with Gasteiger partial charge in [0, 0.05) is 15.5 Å². The van der Waals surface area contributed by atoms with E-state index in [2.05, 4.69) is 29.6 Å². The number of carbonyl (C=O) groups excluding carboxylic acids is 1. The van der Waals surface area contributed by atoms with Crippen molar-refractivity contribution in [3.8, 4) is 0 Å². The van der Waals surface area contributed by atoms with Gasteiger partial charge in [0.05, 0.1) is 11.3 Å². The van der Waals surface area contributed by atoms with Gasteiger partial charge in [-0.3, -0.25) is 4.79 Å². The van der Waals surface area contributed by atoms with Gasteiger partial charge in [-0.25, -0.2) is 0 Å². The molecule has 1 amide bonds. The highest BCUT2D eigenvalue weighted by atomic mass is 32.2. The number of carbonyl (C=O) groups is 1. The molecule has 0 saturated heterocycles. The molecule has 3 aromatic carbocycles. The Hall–Kier alpha value is -2.17. The van der Waals surface area contributed by atoms with Gasteiger partial charge >= 0.3 is 0 Å². The molecule has 0 spiro atoms. The molecule has 2 atom stereocenters. The lowest BCUT2D eigenvalue weighted by atomic mass is 10.1. The molecule has 1 N–H and O–H groups in total. The van der Waals surface area contributed by atoms with Gasteiger partial charge in [-0.15, -0.1) is 23.5 Å². The summed E-state index contributed by atoms with van der Waals surface area (Å²) in [5.74, 6) is 0.792. The molecule has 0 aliphatic carbocycles. The fourth-order valence-electron chi connectivity index (χ4n) is 2.65. The van der Waals surface area contributed by atoms with Crippen LogP contribution in [0.5, 0.6) is 0 Å². The highest BCUT2D eigenvalue weighted by molar-refractivity contribution is 8.04. The lowest BCUT2D eigenvalue weighted by molar-refractivity contribution is -0.120. The van der Waals surface area contributed by atoms with Crippen LogP contribution in [-0.2, 0) is 4.79 Å². The molecule has 0 aromatic heterocycles. The van der Waals surface area contributed by atoms with E-state index in [1.165, 1.54) is 4.90 Å². The normalized spacial score (nSPS) is 12.9. The molecular weight excluding hydrogens is 370 g/mol. The molecule has 0 aliphatic rings. The molecule has 0 radical (unpaired) electrons. The standard InChI is InChI=1S/C23H23NOS2/c1-18(19-11-5-2-6-12-19)24-23(25)22(27-21-15-9-4-10-16-21)17-26-20-13-7-3-8-14-20/h2-16,18,22H,17H2,1H3,(H,24,25). The van der Waals surface area contributed by atoms with E-state index >= 15 is 0 Å². The summed E-state index contributed by atoms with van der Waals surface area (Å²) in [5, 5.41) is 3.02. The highest BCUT2D eigenvalue weighted by Gasteiger charge is 2.22. The number of rotatable bonds is 8. The number of thioether (sulfide) groups is 2. The molecule has 0 bridgehead atoms. The largest absolute Gasteiger partial charge is 0.349 e. The van der Waals surface area contributed by atoms with Crippen molar-refractivity contribution in [2.75, 3.05) is 5.75 Å². The number of benzene rings is 3. The Bertz CT molecular complexity index is 825. The second kappa shape index (κ2) is 10.2. The van der Waals surface area contributed by atoms with E-state index in [1.54, 1.807) is 23.5 Å². The van der Waals surface area contributed by atoms with E-state index in [0.29, 0.717) is 0 Å². The Morgan fingerprint density at radius 1 is 0.815 bits per heavy atom. The van der Waals surface area contributed by atoms with Crippen LogP contribution in [0.4, 0.5) is 0 Å². The monoisotopic (exact) mass is 393 g/mol. The van der Waals surface area contributed by atoms with Crippen LogP contribution in [0.15, 0.2) is 101 Å². The van der Waals surface area contributed by atoms with Gasteiger partial charge in [-0.1, -0.05) is 66.7 Å².